The molecule has 0 bridgehead atoms. The third-order valence-corrected chi connectivity index (χ3v) is 6.08. The van der Waals surface area contributed by atoms with Crippen LogP contribution in [0.15, 0.2) is 30.7 Å². The molecule has 2 aromatic rings. The van der Waals surface area contributed by atoms with Gasteiger partial charge in [0.25, 0.3) is 0 Å². The standard InChI is InChI=1S/C13H15N3O3S2/c17-12(15-10-3-6-21(18,19)9-10)7-11-8-14-13(20-11)16-4-1-2-5-16/h1-2,4-5,8,10H,3,6-7,9H2,(H,15,17). The third-order valence-electron chi connectivity index (χ3n) is 3.30. The van der Waals surface area contributed by atoms with Crippen LogP contribution in [-0.4, -0.2) is 41.4 Å². The van der Waals surface area contributed by atoms with Crippen molar-refractivity contribution in [3.05, 3.63) is 35.6 Å². The highest BCUT2D eigenvalue weighted by Gasteiger charge is 2.28. The van der Waals surface area contributed by atoms with Gasteiger partial charge in [0.05, 0.1) is 17.9 Å². The molecule has 0 radical (unpaired) electrons. The molecule has 112 valence electrons. The fraction of sp³-hybridized carbons (Fsp3) is 0.385. The monoisotopic (exact) mass is 325 g/mol. The van der Waals surface area contributed by atoms with Gasteiger partial charge in [0.1, 0.15) is 0 Å². The molecule has 1 saturated heterocycles. The second-order valence-electron chi connectivity index (χ2n) is 5.04. The lowest BCUT2D eigenvalue weighted by Crippen LogP contribution is -2.36. The molecular weight excluding hydrogens is 310 g/mol. The zero-order valence-corrected chi connectivity index (χ0v) is 12.9. The Kier molecular flexibility index (Phi) is 3.81. The summed E-state index contributed by atoms with van der Waals surface area (Å²) < 4.78 is 24.6. The van der Waals surface area contributed by atoms with Crippen LogP contribution >= 0.6 is 11.3 Å². The molecule has 3 rings (SSSR count). The lowest BCUT2D eigenvalue weighted by Gasteiger charge is -2.09. The maximum atomic E-state index is 11.9. The van der Waals surface area contributed by atoms with Crippen molar-refractivity contribution in [3.8, 4) is 5.13 Å². The molecule has 6 nitrogen and oxygen atoms in total. The van der Waals surface area contributed by atoms with Crippen LogP contribution in [-0.2, 0) is 21.1 Å². The first kappa shape index (κ1) is 14.3. The first-order valence-electron chi connectivity index (χ1n) is 6.60. The van der Waals surface area contributed by atoms with E-state index >= 15 is 0 Å². The summed E-state index contributed by atoms with van der Waals surface area (Å²) in [6.45, 7) is 0. The van der Waals surface area contributed by atoms with Crippen molar-refractivity contribution in [2.24, 2.45) is 0 Å². The summed E-state index contributed by atoms with van der Waals surface area (Å²) in [6, 6.07) is 3.57. The number of amides is 1. The molecule has 1 aliphatic heterocycles. The summed E-state index contributed by atoms with van der Waals surface area (Å²) in [6.07, 6.45) is 6.21. The van der Waals surface area contributed by atoms with Crippen molar-refractivity contribution in [2.75, 3.05) is 11.5 Å². The SMILES string of the molecule is O=C(Cc1cnc(-n2cccc2)s1)NC1CCS(=O)(=O)C1. The van der Waals surface area contributed by atoms with E-state index in [2.05, 4.69) is 10.3 Å². The maximum absolute atomic E-state index is 11.9. The molecule has 3 heterocycles. The lowest BCUT2D eigenvalue weighted by atomic mass is 10.2. The first-order chi connectivity index (χ1) is 10.0. The van der Waals surface area contributed by atoms with E-state index < -0.39 is 9.84 Å². The Morgan fingerprint density at radius 2 is 2.19 bits per heavy atom. The number of carbonyl (C=O) groups excluding carboxylic acids is 1. The highest BCUT2D eigenvalue weighted by molar-refractivity contribution is 7.91. The van der Waals surface area contributed by atoms with Crippen LogP contribution in [0.25, 0.3) is 5.13 Å². The van der Waals surface area contributed by atoms with Crippen molar-refractivity contribution in [1.29, 1.82) is 0 Å². The van der Waals surface area contributed by atoms with Crippen LogP contribution in [0.4, 0.5) is 0 Å². The summed E-state index contributed by atoms with van der Waals surface area (Å²) in [7, 11) is -2.97. The minimum absolute atomic E-state index is 0.0516. The highest BCUT2D eigenvalue weighted by atomic mass is 32.2. The molecule has 8 heteroatoms. The second kappa shape index (κ2) is 5.61. The molecule has 2 aromatic heterocycles. The van der Waals surface area contributed by atoms with Crippen LogP contribution in [0.1, 0.15) is 11.3 Å². The summed E-state index contributed by atoms with van der Waals surface area (Å²) in [5, 5.41) is 3.59. The van der Waals surface area contributed by atoms with Crippen molar-refractivity contribution in [3.63, 3.8) is 0 Å². The van der Waals surface area contributed by atoms with Gasteiger partial charge in [-0.25, -0.2) is 13.4 Å². The quantitative estimate of drug-likeness (QED) is 0.901. The van der Waals surface area contributed by atoms with E-state index in [0.717, 1.165) is 10.0 Å². The Hall–Kier alpha value is -1.67. The summed E-state index contributed by atoms with van der Waals surface area (Å²) in [5.74, 6) is 0.0617. The average molecular weight is 325 g/mol. The van der Waals surface area contributed by atoms with Crippen LogP contribution in [0.3, 0.4) is 0 Å². The van der Waals surface area contributed by atoms with E-state index in [0.29, 0.717) is 6.42 Å². The number of hydrogen-bond acceptors (Lipinski definition) is 5. The Bertz CT molecular complexity index is 735. The molecule has 0 aromatic carbocycles. The summed E-state index contributed by atoms with van der Waals surface area (Å²) in [5.41, 5.74) is 0. The molecule has 0 aliphatic carbocycles. The van der Waals surface area contributed by atoms with Gasteiger partial charge in [0, 0.05) is 29.5 Å². The van der Waals surface area contributed by atoms with Crippen molar-refractivity contribution in [1.82, 2.24) is 14.9 Å². The Balaban J connectivity index is 1.58. The van der Waals surface area contributed by atoms with Gasteiger partial charge in [-0.2, -0.15) is 0 Å². The number of rotatable bonds is 4. The maximum Gasteiger partial charge on any atom is 0.225 e. The predicted molar refractivity (Wildman–Crippen MR) is 80.3 cm³/mol. The number of carbonyl (C=O) groups is 1. The highest BCUT2D eigenvalue weighted by Crippen LogP contribution is 2.18. The molecule has 0 spiro atoms. The fourth-order valence-electron chi connectivity index (χ4n) is 2.31. The predicted octanol–water partition coefficient (Wildman–Crippen LogP) is 0.780. The minimum atomic E-state index is -2.97. The van der Waals surface area contributed by atoms with E-state index in [9.17, 15) is 13.2 Å². The van der Waals surface area contributed by atoms with Gasteiger partial charge in [-0.15, -0.1) is 11.3 Å². The minimum Gasteiger partial charge on any atom is -0.352 e. The smallest absolute Gasteiger partial charge is 0.225 e. The van der Waals surface area contributed by atoms with E-state index in [-0.39, 0.29) is 29.9 Å². The molecule has 1 N–H and O–H groups in total. The zero-order chi connectivity index (χ0) is 14.9. The van der Waals surface area contributed by atoms with Gasteiger partial charge in [0.15, 0.2) is 15.0 Å². The van der Waals surface area contributed by atoms with Crippen LogP contribution in [0, 0.1) is 0 Å². The van der Waals surface area contributed by atoms with Crippen LogP contribution in [0.5, 0.6) is 0 Å². The van der Waals surface area contributed by atoms with Crippen molar-refractivity contribution < 1.29 is 13.2 Å². The first-order valence-corrected chi connectivity index (χ1v) is 9.23. The Labute approximate surface area is 126 Å². The Morgan fingerprint density at radius 1 is 1.43 bits per heavy atom. The number of thiazole rings is 1. The molecule has 0 saturated carbocycles. The molecule has 1 amide bonds. The fourth-order valence-corrected chi connectivity index (χ4v) is 4.86. The topological polar surface area (TPSA) is 81.1 Å². The average Bonchev–Trinajstić information content (AvgIpc) is 3.09. The van der Waals surface area contributed by atoms with Gasteiger partial charge in [-0.3, -0.25) is 4.79 Å². The van der Waals surface area contributed by atoms with Gasteiger partial charge in [0.2, 0.25) is 5.91 Å². The van der Waals surface area contributed by atoms with Gasteiger partial charge >= 0.3 is 0 Å². The molecule has 1 fully saturated rings. The number of nitrogens with zero attached hydrogens (tertiary/aromatic N) is 2. The van der Waals surface area contributed by atoms with Gasteiger partial charge < -0.3 is 9.88 Å². The van der Waals surface area contributed by atoms with E-state index in [1.54, 1.807) is 6.20 Å². The van der Waals surface area contributed by atoms with Gasteiger partial charge in [-0.1, -0.05) is 0 Å². The van der Waals surface area contributed by atoms with E-state index in [4.69, 9.17) is 0 Å². The normalized spacial score (nSPS) is 20.5. The lowest BCUT2D eigenvalue weighted by molar-refractivity contribution is -0.120. The molecule has 1 atom stereocenters. The van der Waals surface area contributed by atoms with E-state index in [1.807, 2.05) is 29.1 Å². The summed E-state index contributed by atoms with van der Waals surface area (Å²) >= 11 is 1.45. The van der Waals surface area contributed by atoms with Crippen LogP contribution in [0.2, 0.25) is 0 Å². The molecule has 1 unspecified atom stereocenters. The van der Waals surface area contributed by atoms with Crippen LogP contribution < -0.4 is 5.32 Å². The van der Waals surface area contributed by atoms with Crippen molar-refractivity contribution in [2.45, 2.75) is 18.9 Å². The molecule has 21 heavy (non-hydrogen) atoms. The second-order valence-corrected chi connectivity index (χ2v) is 8.37. The van der Waals surface area contributed by atoms with Crippen molar-refractivity contribution >= 4 is 27.1 Å². The molecule has 1 aliphatic rings. The van der Waals surface area contributed by atoms with E-state index in [1.165, 1.54) is 11.3 Å². The number of aromatic nitrogens is 2. The Morgan fingerprint density at radius 3 is 2.86 bits per heavy atom. The van der Waals surface area contributed by atoms with Gasteiger partial charge in [-0.05, 0) is 18.6 Å². The number of sulfone groups is 1. The molecular formula is C13H15N3O3S2. The number of nitrogens with one attached hydrogen (secondary N) is 1. The third kappa shape index (κ3) is 3.51. The summed E-state index contributed by atoms with van der Waals surface area (Å²) in [4.78, 5) is 17.1. The largest absolute Gasteiger partial charge is 0.352 e. The number of hydrogen-bond donors (Lipinski definition) is 1. The zero-order valence-electron chi connectivity index (χ0n) is 11.2.